The van der Waals surface area contributed by atoms with Crippen LogP contribution in [0, 0.1) is 5.92 Å². The highest BCUT2D eigenvalue weighted by molar-refractivity contribution is 6.32. The fourth-order valence-electron chi connectivity index (χ4n) is 3.93. The van der Waals surface area contributed by atoms with Crippen LogP contribution in [0.15, 0.2) is 42.6 Å². The number of hydrogen-bond acceptors (Lipinski definition) is 4. The van der Waals surface area contributed by atoms with Gasteiger partial charge in [-0.2, -0.15) is 0 Å². The van der Waals surface area contributed by atoms with Crippen molar-refractivity contribution in [3.8, 4) is 11.5 Å². The van der Waals surface area contributed by atoms with Crippen LogP contribution in [0.3, 0.4) is 0 Å². The molecule has 0 aliphatic carbocycles. The fraction of sp³-hybridized carbons (Fsp3) is 0.304. The molecule has 1 saturated heterocycles. The number of aromatic amines is 1. The van der Waals surface area contributed by atoms with Gasteiger partial charge in [-0.25, -0.2) is 0 Å². The van der Waals surface area contributed by atoms with Gasteiger partial charge in [0.15, 0.2) is 0 Å². The Bertz CT molecular complexity index is 1130. The second-order valence-electron chi connectivity index (χ2n) is 7.55. The molecule has 0 bridgehead atoms. The lowest BCUT2D eigenvalue weighted by Crippen LogP contribution is -2.43. The van der Waals surface area contributed by atoms with Crippen molar-refractivity contribution in [2.24, 2.45) is 5.92 Å². The predicted molar refractivity (Wildman–Crippen MR) is 120 cm³/mol. The van der Waals surface area contributed by atoms with E-state index in [-0.39, 0.29) is 17.7 Å². The van der Waals surface area contributed by atoms with Gasteiger partial charge in [-0.3, -0.25) is 9.59 Å². The lowest BCUT2D eigenvalue weighted by Gasteiger charge is -2.32. The Hall–Kier alpha value is -3.19. The van der Waals surface area contributed by atoms with Crippen LogP contribution >= 0.6 is 11.6 Å². The maximum absolute atomic E-state index is 13.0. The van der Waals surface area contributed by atoms with Gasteiger partial charge in [-0.1, -0.05) is 17.7 Å². The Labute approximate surface area is 185 Å². The van der Waals surface area contributed by atoms with E-state index in [9.17, 15) is 9.59 Å². The predicted octanol–water partition coefficient (Wildman–Crippen LogP) is 4.33. The molecule has 2 N–H and O–H groups in total. The van der Waals surface area contributed by atoms with Gasteiger partial charge < -0.3 is 24.7 Å². The average Bonchev–Trinajstić information content (AvgIpc) is 3.27. The number of nitrogens with zero attached hydrogens (tertiary/aromatic N) is 1. The summed E-state index contributed by atoms with van der Waals surface area (Å²) >= 11 is 6.21. The minimum absolute atomic E-state index is 0.0703. The van der Waals surface area contributed by atoms with Crippen LogP contribution in [0.1, 0.15) is 23.2 Å². The standard InChI is InChI=1S/C23H24ClN3O4/c1-30-20-12-21(31-2)19(11-17(20)24)26-22(28)16-4-3-9-27(13-16)23(29)15-6-5-14-7-8-25-18(14)10-15/h5-8,10-12,16,25H,3-4,9,13H2,1-2H3,(H,26,28)/t16-/m0/s1. The number of nitrogens with one attached hydrogen (secondary N) is 2. The van der Waals surface area contributed by atoms with Crippen molar-refractivity contribution >= 4 is 40.0 Å². The maximum Gasteiger partial charge on any atom is 0.253 e. The summed E-state index contributed by atoms with van der Waals surface area (Å²) in [7, 11) is 3.03. The maximum atomic E-state index is 13.0. The number of benzene rings is 2. The summed E-state index contributed by atoms with van der Waals surface area (Å²) in [6.45, 7) is 0.989. The first-order chi connectivity index (χ1) is 15.0. The number of methoxy groups -OCH3 is 2. The number of H-pyrrole nitrogens is 1. The van der Waals surface area contributed by atoms with Gasteiger partial charge in [-0.05, 0) is 42.5 Å². The van der Waals surface area contributed by atoms with Crippen LogP contribution in [0.2, 0.25) is 5.02 Å². The SMILES string of the molecule is COc1cc(OC)c(NC(=O)[C@H]2CCCN(C(=O)c3ccc4cc[nH]c4c3)C2)cc1Cl. The zero-order valence-electron chi connectivity index (χ0n) is 17.4. The molecule has 0 radical (unpaired) electrons. The number of likely N-dealkylation sites (tertiary alicyclic amines) is 1. The molecular formula is C23H24ClN3O4. The van der Waals surface area contributed by atoms with Gasteiger partial charge in [0.2, 0.25) is 5.91 Å². The lowest BCUT2D eigenvalue weighted by molar-refractivity contribution is -0.121. The first-order valence-corrected chi connectivity index (χ1v) is 10.5. The summed E-state index contributed by atoms with van der Waals surface area (Å²) in [6, 6.07) is 10.8. The number of anilines is 1. The normalized spacial score (nSPS) is 16.2. The van der Waals surface area contributed by atoms with Crippen molar-refractivity contribution in [3.63, 3.8) is 0 Å². The number of amides is 2. The molecule has 1 atom stereocenters. The number of halogens is 1. The first-order valence-electron chi connectivity index (χ1n) is 10.1. The molecule has 1 aliphatic heterocycles. The molecule has 2 amide bonds. The Morgan fingerprint density at radius 3 is 2.71 bits per heavy atom. The van der Waals surface area contributed by atoms with Crippen LogP contribution in [-0.2, 0) is 4.79 Å². The number of ether oxygens (including phenoxy) is 2. The molecule has 0 spiro atoms. The molecule has 31 heavy (non-hydrogen) atoms. The summed E-state index contributed by atoms with van der Waals surface area (Å²) in [5.41, 5.74) is 2.00. The van der Waals surface area contributed by atoms with Crippen LogP contribution in [0.25, 0.3) is 10.9 Å². The summed E-state index contributed by atoms with van der Waals surface area (Å²) in [6.07, 6.45) is 3.31. The number of hydrogen-bond donors (Lipinski definition) is 2. The molecule has 8 heteroatoms. The highest BCUT2D eigenvalue weighted by Crippen LogP contribution is 2.36. The largest absolute Gasteiger partial charge is 0.495 e. The summed E-state index contributed by atoms with van der Waals surface area (Å²) < 4.78 is 10.6. The van der Waals surface area contributed by atoms with Crippen molar-refractivity contribution in [3.05, 3.63) is 53.2 Å². The molecule has 3 aromatic rings. The van der Waals surface area contributed by atoms with Gasteiger partial charge in [0, 0.05) is 36.4 Å². The highest BCUT2D eigenvalue weighted by Gasteiger charge is 2.29. The van der Waals surface area contributed by atoms with E-state index in [2.05, 4.69) is 10.3 Å². The van der Waals surface area contributed by atoms with Gasteiger partial charge in [0.05, 0.1) is 30.8 Å². The minimum Gasteiger partial charge on any atom is -0.495 e. The zero-order valence-corrected chi connectivity index (χ0v) is 18.2. The lowest BCUT2D eigenvalue weighted by atomic mass is 9.96. The molecule has 2 aromatic carbocycles. The molecule has 2 heterocycles. The van der Waals surface area contributed by atoms with Crippen molar-refractivity contribution in [2.45, 2.75) is 12.8 Å². The Morgan fingerprint density at radius 1 is 1.13 bits per heavy atom. The molecule has 1 aromatic heterocycles. The van der Waals surface area contributed by atoms with Crippen molar-refractivity contribution in [1.82, 2.24) is 9.88 Å². The van der Waals surface area contributed by atoms with Crippen molar-refractivity contribution < 1.29 is 19.1 Å². The Kier molecular flexibility index (Phi) is 6.04. The summed E-state index contributed by atoms with van der Waals surface area (Å²) in [4.78, 5) is 30.9. The van der Waals surface area contributed by atoms with E-state index < -0.39 is 0 Å². The van der Waals surface area contributed by atoms with Crippen LogP contribution in [0.4, 0.5) is 5.69 Å². The third kappa shape index (κ3) is 4.32. The molecule has 1 aliphatic rings. The Morgan fingerprint density at radius 2 is 1.94 bits per heavy atom. The van der Waals surface area contributed by atoms with E-state index in [1.807, 2.05) is 30.5 Å². The minimum atomic E-state index is -0.322. The van der Waals surface area contributed by atoms with Gasteiger partial charge in [-0.15, -0.1) is 0 Å². The molecule has 0 unspecified atom stereocenters. The highest BCUT2D eigenvalue weighted by atomic mass is 35.5. The molecular weight excluding hydrogens is 418 g/mol. The van der Waals surface area contributed by atoms with E-state index in [0.29, 0.717) is 47.3 Å². The Balaban J connectivity index is 1.47. The molecule has 162 valence electrons. The van der Waals surface area contributed by atoms with Crippen molar-refractivity contribution in [2.75, 3.05) is 32.6 Å². The van der Waals surface area contributed by atoms with E-state index in [1.54, 1.807) is 17.0 Å². The molecule has 0 saturated carbocycles. The number of aromatic nitrogens is 1. The number of carbonyl (C=O) groups excluding carboxylic acids is 2. The van der Waals surface area contributed by atoms with Gasteiger partial charge >= 0.3 is 0 Å². The first kappa shape index (κ1) is 21.1. The third-order valence-corrected chi connectivity index (χ3v) is 5.91. The topological polar surface area (TPSA) is 83.7 Å². The van der Waals surface area contributed by atoms with Crippen LogP contribution < -0.4 is 14.8 Å². The second-order valence-corrected chi connectivity index (χ2v) is 7.95. The monoisotopic (exact) mass is 441 g/mol. The molecule has 7 nitrogen and oxygen atoms in total. The van der Waals surface area contributed by atoms with Gasteiger partial charge in [0.1, 0.15) is 11.5 Å². The van der Waals surface area contributed by atoms with Gasteiger partial charge in [0.25, 0.3) is 5.91 Å². The third-order valence-electron chi connectivity index (χ3n) is 5.61. The number of rotatable bonds is 5. The number of carbonyl (C=O) groups is 2. The van der Waals surface area contributed by atoms with E-state index >= 15 is 0 Å². The smallest absolute Gasteiger partial charge is 0.253 e. The van der Waals surface area contributed by atoms with Crippen LogP contribution in [0.5, 0.6) is 11.5 Å². The number of piperidine rings is 1. The zero-order chi connectivity index (χ0) is 22.0. The fourth-order valence-corrected chi connectivity index (χ4v) is 4.17. The van der Waals surface area contributed by atoms with E-state index in [0.717, 1.165) is 17.3 Å². The van der Waals surface area contributed by atoms with E-state index in [4.69, 9.17) is 21.1 Å². The summed E-state index contributed by atoms with van der Waals surface area (Å²) in [5, 5.41) is 4.33. The molecule has 1 fully saturated rings. The summed E-state index contributed by atoms with van der Waals surface area (Å²) in [5.74, 6) is 0.357. The second kappa shape index (κ2) is 8.89. The number of fused-ring (bicyclic) bond motifs is 1. The van der Waals surface area contributed by atoms with E-state index in [1.165, 1.54) is 14.2 Å². The van der Waals surface area contributed by atoms with Crippen LogP contribution in [-0.4, -0.2) is 49.0 Å². The average molecular weight is 442 g/mol. The molecule has 4 rings (SSSR count). The van der Waals surface area contributed by atoms with Crippen molar-refractivity contribution in [1.29, 1.82) is 0 Å². The quantitative estimate of drug-likeness (QED) is 0.617.